The van der Waals surface area contributed by atoms with Crippen LogP contribution in [0.2, 0.25) is 15.1 Å². The summed E-state index contributed by atoms with van der Waals surface area (Å²) >= 11 is 17.0. The van der Waals surface area contributed by atoms with E-state index in [4.69, 9.17) is 40.5 Å². The van der Waals surface area contributed by atoms with Crippen LogP contribution in [0.1, 0.15) is 5.56 Å². The minimum atomic E-state index is -0.103. The molecule has 2 nitrogen and oxygen atoms in total. The van der Waals surface area contributed by atoms with E-state index >= 15 is 0 Å². The van der Waals surface area contributed by atoms with Crippen molar-refractivity contribution in [3.63, 3.8) is 0 Å². The number of phenolic OH excluding ortho intramolecular Hbond substituents is 1. The molecule has 66 valence electrons. The Labute approximate surface area is 84.8 Å². The van der Waals surface area contributed by atoms with Gasteiger partial charge in [-0.15, -0.1) is 0 Å². The fourth-order valence-electron chi connectivity index (χ4n) is 0.822. The van der Waals surface area contributed by atoms with E-state index in [0.29, 0.717) is 10.6 Å². The lowest BCUT2D eigenvalue weighted by atomic mass is 10.2. The highest BCUT2D eigenvalue weighted by Gasteiger charge is 2.12. The second kappa shape index (κ2) is 3.71. The molecule has 1 aromatic rings. The Morgan fingerprint density at radius 1 is 1.25 bits per heavy atom. The van der Waals surface area contributed by atoms with Crippen LogP contribution < -0.4 is 5.73 Å². The van der Waals surface area contributed by atoms with Crippen molar-refractivity contribution in [1.29, 1.82) is 0 Å². The number of rotatable bonds is 1. The Morgan fingerprint density at radius 2 is 1.83 bits per heavy atom. The number of hydrogen-bond donors (Lipinski definition) is 2. The molecule has 0 saturated carbocycles. The van der Waals surface area contributed by atoms with Crippen LogP contribution >= 0.6 is 34.8 Å². The molecular weight excluding hydrogens is 220 g/mol. The standard InChI is InChI=1S/C7H6Cl3NO/c8-4-1-5(9)7(12)3(2-11)6(4)10/h1,12H,2,11H2. The maximum atomic E-state index is 9.35. The zero-order valence-electron chi connectivity index (χ0n) is 5.94. The molecule has 0 spiro atoms. The number of halogens is 3. The molecule has 0 fully saturated rings. The highest BCUT2D eigenvalue weighted by atomic mass is 35.5. The van der Waals surface area contributed by atoms with Gasteiger partial charge in [0.25, 0.3) is 0 Å². The summed E-state index contributed by atoms with van der Waals surface area (Å²) in [5.41, 5.74) is 5.70. The van der Waals surface area contributed by atoms with E-state index in [1.807, 2.05) is 0 Å². The SMILES string of the molecule is NCc1c(O)c(Cl)cc(Cl)c1Cl. The summed E-state index contributed by atoms with van der Waals surface area (Å²) < 4.78 is 0. The average Bonchev–Trinajstić information content (AvgIpc) is 2.02. The fourth-order valence-corrected chi connectivity index (χ4v) is 1.54. The lowest BCUT2D eigenvalue weighted by Gasteiger charge is -2.07. The lowest BCUT2D eigenvalue weighted by Crippen LogP contribution is -1.98. The Morgan fingerprint density at radius 3 is 2.33 bits per heavy atom. The van der Waals surface area contributed by atoms with Crippen LogP contribution in [0, 0.1) is 0 Å². The number of aromatic hydroxyl groups is 1. The molecule has 3 N–H and O–H groups in total. The van der Waals surface area contributed by atoms with Crippen molar-refractivity contribution < 1.29 is 5.11 Å². The Balaban J connectivity index is 3.42. The molecule has 0 aromatic heterocycles. The van der Waals surface area contributed by atoms with Crippen molar-refractivity contribution in [2.24, 2.45) is 5.73 Å². The van der Waals surface area contributed by atoms with E-state index in [0.717, 1.165) is 0 Å². The number of hydrogen-bond acceptors (Lipinski definition) is 2. The zero-order chi connectivity index (χ0) is 9.30. The predicted octanol–water partition coefficient (Wildman–Crippen LogP) is 2.81. The van der Waals surface area contributed by atoms with Crippen molar-refractivity contribution in [3.05, 3.63) is 26.7 Å². The van der Waals surface area contributed by atoms with Gasteiger partial charge in [0.05, 0.1) is 15.1 Å². The third-order valence-corrected chi connectivity index (χ3v) is 2.56. The van der Waals surface area contributed by atoms with E-state index in [9.17, 15) is 5.11 Å². The van der Waals surface area contributed by atoms with Crippen LogP contribution in [0.5, 0.6) is 5.75 Å². The lowest BCUT2D eigenvalue weighted by molar-refractivity contribution is 0.469. The van der Waals surface area contributed by atoms with Crippen LogP contribution in [0.4, 0.5) is 0 Å². The maximum absolute atomic E-state index is 9.35. The number of nitrogens with two attached hydrogens (primary N) is 1. The Bertz CT molecular complexity index is 288. The normalized spacial score (nSPS) is 10.3. The molecule has 0 aliphatic rings. The van der Waals surface area contributed by atoms with E-state index < -0.39 is 0 Å². The molecule has 0 aliphatic carbocycles. The quantitative estimate of drug-likeness (QED) is 0.723. The predicted molar refractivity (Wildman–Crippen MR) is 51.0 cm³/mol. The van der Waals surface area contributed by atoms with Crippen molar-refractivity contribution in [2.75, 3.05) is 0 Å². The van der Waals surface area contributed by atoms with Crippen LogP contribution in [0.25, 0.3) is 0 Å². The topological polar surface area (TPSA) is 46.2 Å². The summed E-state index contributed by atoms with van der Waals surface area (Å²) in [6.45, 7) is 0.102. The molecule has 0 atom stereocenters. The molecule has 0 amide bonds. The molecule has 12 heavy (non-hydrogen) atoms. The third kappa shape index (κ3) is 1.62. The van der Waals surface area contributed by atoms with Crippen molar-refractivity contribution in [3.8, 4) is 5.75 Å². The third-order valence-electron chi connectivity index (χ3n) is 1.44. The first-order chi connectivity index (χ1) is 5.57. The first kappa shape index (κ1) is 9.93. The molecule has 1 rings (SSSR count). The fraction of sp³-hybridized carbons (Fsp3) is 0.143. The van der Waals surface area contributed by atoms with Gasteiger partial charge in [-0.1, -0.05) is 34.8 Å². The van der Waals surface area contributed by atoms with Gasteiger partial charge in [-0.25, -0.2) is 0 Å². The smallest absolute Gasteiger partial charge is 0.140 e. The van der Waals surface area contributed by atoms with Crippen LogP contribution in [0.15, 0.2) is 6.07 Å². The van der Waals surface area contributed by atoms with E-state index in [1.54, 1.807) is 0 Å². The molecule has 1 aromatic carbocycles. The number of benzene rings is 1. The molecule has 5 heteroatoms. The van der Waals surface area contributed by atoms with Gasteiger partial charge < -0.3 is 10.8 Å². The highest BCUT2D eigenvalue weighted by Crippen LogP contribution is 2.37. The second-order valence-electron chi connectivity index (χ2n) is 2.19. The van der Waals surface area contributed by atoms with Gasteiger partial charge in [0.2, 0.25) is 0 Å². The minimum Gasteiger partial charge on any atom is -0.506 e. The van der Waals surface area contributed by atoms with Crippen molar-refractivity contribution in [1.82, 2.24) is 0 Å². The van der Waals surface area contributed by atoms with E-state index in [-0.39, 0.29) is 22.3 Å². The zero-order valence-corrected chi connectivity index (χ0v) is 8.21. The Kier molecular flexibility index (Phi) is 3.07. The van der Waals surface area contributed by atoms with Crippen LogP contribution in [-0.2, 0) is 6.54 Å². The van der Waals surface area contributed by atoms with Crippen molar-refractivity contribution in [2.45, 2.75) is 6.54 Å². The molecule has 0 aliphatic heterocycles. The second-order valence-corrected chi connectivity index (χ2v) is 3.38. The first-order valence-electron chi connectivity index (χ1n) is 3.13. The Hall–Kier alpha value is -0.150. The molecular formula is C7H6Cl3NO. The summed E-state index contributed by atoms with van der Waals surface area (Å²) in [5, 5.41) is 10.0. The van der Waals surface area contributed by atoms with Gasteiger partial charge in [-0.2, -0.15) is 0 Å². The van der Waals surface area contributed by atoms with Crippen LogP contribution in [-0.4, -0.2) is 5.11 Å². The summed E-state index contributed by atoms with van der Waals surface area (Å²) in [4.78, 5) is 0. The van der Waals surface area contributed by atoms with Gasteiger partial charge in [0.1, 0.15) is 5.75 Å². The summed E-state index contributed by atoms with van der Waals surface area (Å²) in [7, 11) is 0. The van der Waals surface area contributed by atoms with Gasteiger partial charge in [-0.3, -0.25) is 0 Å². The average molecular weight is 226 g/mol. The molecule has 0 heterocycles. The molecule has 0 unspecified atom stereocenters. The van der Waals surface area contributed by atoms with Crippen LogP contribution in [0.3, 0.4) is 0 Å². The number of phenols is 1. The highest BCUT2D eigenvalue weighted by molar-refractivity contribution is 6.44. The largest absolute Gasteiger partial charge is 0.506 e. The summed E-state index contributed by atoms with van der Waals surface area (Å²) in [5.74, 6) is -0.103. The minimum absolute atomic E-state index is 0.102. The van der Waals surface area contributed by atoms with E-state index in [2.05, 4.69) is 0 Å². The van der Waals surface area contributed by atoms with Gasteiger partial charge in [0, 0.05) is 12.1 Å². The molecule has 0 bridgehead atoms. The monoisotopic (exact) mass is 225 g/mol. The van der Waals surface area contributed by atoms with Gasteiger partial charge in [0.15, 0.2) is 0 Å². The molecule has 0 saturated heterocycles. The summed E-state index contributed by atoms with van der Waals surface area (Å²) in [6.07, 6.45) is 0. The van der Waals surface area contributed by atoms with Gasteiger partial charge >= 0.3 is 0 Å². The van der Waals surface area contributed by atoms with E-state index in [1.165, 1.54) is 6.07 Å². The first-order valence-corrected chi connectivity index (χ1v) is 4.26. The van der Waals surface area contributed by atoms with Gasteiger partial charge in [-0.05, 0) is 6.07 Å². The maximum Gasteiger partial charge on any atom is 0.140 e. The molecule has 0 radical (unpaired) electrons. The summed E-state index contributed by atoms with van der Waals surface area (Å²) in [6, 6.07) is 1.37. The van der Waals surface area contributed by atoms with Crippen molar-refractivity contribution >= 4 is 34.8 Å².